The molecule has 0 heterocycles. The molecule has 0 bridgehead atoms. The Balaban J connectivity index is 2.41. The molecule has 0 unspecified atom stereocenters. The van der Waals surface area contributed by atoms with Crippen LogP contribution in [0.1, 0.15) is 10.4 Å². The van der Waals surface area contributed by atoms with Crippen molar-refractivity contribution in [1.82, 2.24) is 0 Å². The molecule has 0 aliphatic rings. The number of hydrogen-bond acceptors (Lipinski definition) is 4. The molecule has 0 saturated carbocycles. The van der Waals surface area contributed by atoms with Crippen LogP contribution in [-0.2, 0) is 0 Å². The van der Waals surface area contributed by atoms with Crippen LogP contribution in [0.4, 0.5) is 14.5 Å². The Morgan fingerprint density at radius 2 is 1.76 bits per heavy atom. The van der Waals surface area contributed by atoms with Crippen molar-refractivity contribution in [1.29, 1.82) is 0 Å². The molecular weight excluding hydrogens is 288 g/mol. The number of benzene rings is 2. The van der Waals surface area contributed by atoms with Gasteiger partial charge in [-0.15, -0.1) is 0 Å². The van der Waals surface area contributed by atoms with Gasteiger partial charge in [-0.25, -0.2) is 9.18 Å². The summed E-state index contributed by atoms with van der Waals surface area (Å²) in [5.41, 5.74) is -0.784. The fourth-order valence-electron chi connectivity index (χ4n) is 1.55. The van der Waals surface area contributed by atoms with Crippen molar-refractivity contribution in [2.24, 2.45) is 0 Å². The normalized spacial score (nSPS) is 10.2. The number of nitro groups is 1. The second-order valence-corrected chi connectivity index (χ2v) is 3.90. The lowest BCUT2D eigenvalue weighted by molar-refractivity contribution is -0.385. The van der Waals surface area contributed by atoms with Crippen LogP contribution in [0.3, 0.4) is 0 Å². The number of aromatic carboxylic acids is 1. The Morgan fingerprint density at radius 1 is 1.14 bits per heavy atom. The van der Waals surface area contributed by atoms with Crippen LogP contribution >= 0.6 is 0 Å². The molecule has 0 saturated heterocycles. The van der Waals surface area contributed by atoms with Gasteiger partial charge in [0, 0.05) is 6.07 Å². The molecule has 6 nitrogen and oxygen atoms in total. The van der Waals surface area contributed by atoms with Crippen LogP contribution in [0.5, 0.6) is 11.5 Å². The second-order valence-electron chi connectivity index (χ2n) is 3.90. The topological polar surface area (TPSA) is 89.7 Å². The Labute approximate surface area is 116 Å². The van der Waals surface area contributed by atoms with Crippen LogP contribution in [0.25, 0.3) is 0 Å². The lowest BCUT2D eigenvalue weighted by Crippen LogP contribution is -1.99. The average Bonchev–Trinajstić information content (AvgIpc) is 2.44. The fraction of sp³-hybridized carbons (Fsp3) is 0. The summed E-state index contributed by atoms with van der Waals surface area (Å²) < 4.78 is 31.7. The Kier molecular flexibility index (Phi) is 3.79. The molecule has 0 amide bonds. The Bertz CT molecular complexity index is 715. The van der Waals surface area contributed by atoms with Crippen molar-refractivity contribution in [3.05, 3.63) is 63.7 Å². The third-order valence-corrected chi connectivity index (χ3v) is 2.55. The minimum absolute atomic E-state index is 0.0448. The number of halogens is 2. The predicted molar refractivity (Wildman–Crippen MR) is 66.5 cm³/mol. The Morgan fingerprint density at radius 3 is 2.29 bits per heavy atom. The van der Waals surface area contributed by atoms with E-state index in [0.717, 1.165) is 6.07 Å². The van der Waals surface area contributed by atoms with Crippen molar-refractivity contribution in [3.8, 4) is 11.5 Å². The first-order chi connectivity index (χ1) is 9.90. The second kappa shape index (κ2) is 5.53. The number of carboxylic acid groups (broad SMARTS) is 1. The molecule has 0 aromatic heterocycles. The molecule has 2 rings (SSSR count). The highest BCUT2D eigenvalue weighted by atomic mass is 19.2. The van der Waals surface area contributed by atoms with Crippen molar-refractivity contribution in [3.63, 3.8) is 0 Å². The summed E-state index contributed by atoms with van der Waals surface area (Å²) in [7, 11) is 0. The first-order valence-electron chi connectivity index (χ1n) is 5.53. The number of carbonyl (C=O) groups is 1. The van der Waals surface area contributed by atoms with E-state index < -0.39 is 34.0 Å². The maximum Gasteiger partial charge on any atom is 0.335 e. The summed E-state index contributed by atoms with van der Waals surface area (Å²) in [6.07, 6.45) is 0. The number of nitro benzene ring substituents is 1. The third-order valence-electron chi connectivity index (χ3n) is 2.55. The third kappa shape index (κ3) is 2.94. The number of carboxylic acids is 1. The van der Waals surface area contributed by atoms with Crippen molar-refractivity contribution < 1.29 is 28.3 Å². The van der Waals surface area contributed by atoms with Crippen LogP contribution < -0.4 is 4.74 Å². The average molecular weight is 295 g/mol. The van der Waals surface area contributed by atoms with Crippen LogP contribution in [0.15, 0.2) is 36.4 Å². The minimum atomic E-state index is -1.49. The zero-order valence-corrected chi connectivity index (χ0v) is 10.2. The number of rotatable bonds is 4. The summed E-state index contributed by atoms with van der Waals surface area (Å²) >= 11 is 0. The van der Waals surface area contributed by atoms with E-state index in [1.54, 1.807) is 0 Å². The van der Waals surface area contributed by atoms with Crippen LogP contribution in [0, 0.1) is 21.7 Å². The number of nitrogens with zero attached hydrogens (tertiary/aromatic N) is 1. The summed E-state index contributed by atoms with van der Waals surface area (Å²) in [6.45, 7) is 0. The van der Waals surface area contributed by atoms with Gasteiger partial charge in [0.1, 0.15) is 5.75 Å². The molecule has 0 aliphatic heterocycles. The molecule has 0 spiro atoms. The van der Waals surface area contributed by atoms with Gasteiger partial charge in [-0.1, -0.05) is 0 Å². The monoisotopic (exact) mass is 295 g/mol. The van der Waals surface area contributed by atoms with Gasteiger partial charge < -0.3 is 9.84 Å². The maximum absolute atomic E-state index is 13.6. The molecule has 0 atom stereocenters. The lowest BCUT2D eigenvalue weighted by atomic mass is 10.2. The van der Waals surface area contributed by atoms with Gasteiger partial charge in [-0.05, 0) is 30.3 Å². The van der Waals surface area contributed by atoms with E-state index in [4.69, 9.17) is 9.84 Å². The zero-order valence-electron chi connectivity index (χ0n) is 10.2. The zero-order chi connectivity index (χ0) is 15.6. The van der Waals surface area contributed by atoms with Crippen LogP contribution in [0.2, 0.25) is 0 Å². The highest BCUT2D eigenvalue weighted by molar-refractivity contribution is 5.87. The highest BCUT2D eigenvalue weighted by Crippen LogP contribution is 2.35. The van der Waals surface area contributed by atoms with Gasteiger partial charge in [0.15, 0.2) is 5.82 Å². The van der Waals surface area contributed by atoms with Gasteiger partial charge in [-0.3, -0.25) is 10.1 Å². The Hall–Kier alpha value is -3.03. The number of hydrogen-bond donors (Lipinski definition) is 1. The van der Waals surface area contributed by atoms with E-state index in [0.29, 0.717) is 6.07 Å². The van der Waals surface area contributed by atoms with Crippen LogP contribution in [-0.4, -0.2) is 16.0 Å². The smallest absolute Gasteiger partial charge is 0.335 e. The molecule has 0 radical (unpaired) electrons. The largest absolute Gasteiger partial charge is 0.478 e. The molecule has 21 heavy (non-hydrogen) atoms. The molecule has 1 N–H and O–H groups in total. The van der Waals surface area contributed by atoms with Gasteiger partial charge in [0.05, 0.1) is 10.5 Å². The highest BCUT2D eigenvalue weighted by Gasteiger charge is 2.24. The van der Waals surface area contributed by atoms with Crippen molar-refractivity contribution in [2.75, 3.05) is 0 Å². The molecule has 8 heteroatoms. The summed E-state index contributed by atoms with van der Waals surface area (Å²) in [6, 6.07) is 6.09. The number of ether oxygens (including phenoxy) is 1. The molecule has 108 valence electrons. The standard InChI is InChI=1S/C13H7F2NO5/c14-9-5-6-10(16(19)20)12(11(9)15)21-8-3-1-7(2-4-8)13(17)18/h1-6H,(H,17,18). The van der Waals surface area contributed by atoms with E-state index in [1.807, 2.05) is 0 Å². The predicted octanol–water partition coefficient (Wildman–Crippen LogP) is 3.36. The summed E-state index contributed by atoms with van der Waals surface area (Å²) in [4.78, 5) is 20.5. The van der Waals surface area contributed by atoms with Gasteiger partial charge in [-0.2, -0.15) is 4.39 Å². The quantitative estimate of drug-likeness (QED) is 0.690. The first kappa shape index (κ1) is 14.4. The van der Waals surface area contributed by atoms with E-state index >= 15 is 0 Å². The maximum atomic E-state index is 13.6. The van der Waals surface area contributed by atoms with E-state index in [9.17, 15) is 23.7 Å². The van der Waals surface area contributed by atoms with Gasteiger partial charge >= 0.3 is 11.7 Å². The fourth-order valence-corrected chi connectivity index (χ4v) is 1.55. The van der Waals surface area contributed by atoms with E-state index in [2.05, 4.69) is 0 Å². The van der Waals surface area contributed by atoms with Gasteiger partial charge in [0.2, 0.25) is 11.6 Å². The van der Waals surface area contributed by atoms with E-state index in [-0.39, 0.29) is 11.3 Å². The van der Waals surface area contributed by atoms with Crippen molar-refractivity contribution >= 4 is 11.7 Å². The van der Waals surface area contributed by atoms with E-state index in [1.165, 1.54) is 24.3 Å². The summed E-state index contributed by atoms with van der Waals surface area (Å²) in [5, 5.41) is 19.5. The van der Waals surface area contributed by atoms with Crippen molar-refractivity contribution in [2.45, 2.75) is 0 Å². The molecular formula is C13H7F2NO5. The lowest BCUT2D eigenvalue weighted by Gasteiger charge is -2.08. The molecule has 0 fully saturated rings. The minimum Gasteiger partial charge on any atom is -0.478 e. The summed E-state index contributed by atoms with van der Waals surface area (Å²) in [5.74, 6) is -4.90. The first-order valence-corrected chi connectivity index (χ1v) is 5.53. The van der Waals surface area contributed by atoms with Gasteiger partial charge in [0.25, 0.3) is 0 Å². The molecule has 0 aliphatic carbocycles. The molecule has 2 aromatic carbocycles. The SMILES string of the molecule is O=C(O)c1ccc(Oc2c([N+](=O)[O-])ccc(F)c2F)cc1. The molecule has 2 aromatic rings.